The number of rotatable bonds is 16. The van der Waals surface area contributed by atoms with Crippen molar-refractivity contribution in [3.63, 3.8) is 0 Å². The smallest absolute Gasteiger partial charge is 0.198 e. The van der Waals surface area contributed by atoms with Crippen molar-refractivity contribution in [2.24, 2.45) is 28.6 Å². The molecule has 5 unspecified atom stereocenters. The van der Waals surface area contributed by atoms with Crippen molar-refractivity contribution in [2.45, 2.75) is 392 Å². The number of aliphatic hydroxyl groups is 10. The number of carbonyl (C=O) groups is 3. The highest BCUT2D eigenvalue weighted by atomic mass is 79.9. The van der Waals surface area contributed by atoms with Gasteiger partial charge in [-0.3, -0.25) is 14.4 Å². The lowest BCUT2D eigenvalue weighted by Crippen LogP contribution is -2.28. The Labute approximate surface area is 754 Å². The molecule has 11 atom stereocenters. The van der Waals surface area contributed by atoms with E-state index in [-0.39, 0.29) is 90.7 Å². The highest BCUT2D eigenvalue weighted by Crippen LogP contribution is 2.34. The standard InChI is InChI=1S/C14H18O2.C9H16O.C8H12O2.2C7H7Br.2C7H14O.C7H12O.C7H10O.C6H12O2.C6H10O2.2C6H12O2.C6H10/c1-2-13(8-12-9-14(12)15)16-10-11-6-4-3-5-7-11;1-9(2,3)5-4-7-6-8(7)10;1-8(2)4-6(9)3-7(10)5-8;2*8-6-7-4-2-1-3-5-7;1-6-2-4-7(8)5-3-6;1-6-3-2-4-7(8)5-6;2*1-2-3-4-6-5-7(6)8;1-5-2-3-6(7)8-4-5;1-7-6-4-2-3-5-8-6;7-5-1-2-6(8)4-3-5;7-5-2-1-3-6(8)4-5;1-3-5-6-4-2/h3-8,13-15H,2,9-10H2,1H3;4,8,10H,5-6H2,1-3H3;3-5H2,1-2H3;2*1-5H,6H2;2*6-8H,2-5H2,1H3;4,7-8H,2-3,5H2,1H3;4H,2-3,5H2,1H3;5-7H,2-4H2,1H3;3,5-6H,2,4H2,1H3;2*5-8H,1-4H2;3-4H,1-2,5-6H2/t13?,14-;8-;;;;;6-,7?;7-;;5-,6?;;;5-,6?;/m00....00.1..0./s1. The molecule has 0 spiro atoms. The maximum atomic E-state index is 10.9. The Hall–Kier alpha value is -4.91. The van der Waals surface area contributed by atoms with Crippen LogP contribution in [0.2, 0.25) is 0 Å². The Morgan fingerprint density at radius 3 is 1.25 bits per heavy atom. The first-order chi connectivity index (χ1) is 58.1. The molecule has 2 heterocycles. The summed E-state index contributed by atoms with van der Waals surface area (Å²) in [6.45, 7) is 32.0. The van der Waals surface area contributed by atoms with Crippen LogP contribution in [0.3, 0.4) is 0 Å². The molecular weight excluding hydrogens is 1670 g/mol. The van der Waals surface area contributed by atoms with Crippen molar-refractivity contribution in [3.8, 4) is 0 Å². The largest absolute Gasteiger partial charge is 0.473 e. The third-order valence-corrected chi connectivity index (χ3v) is 22.6. The molecule has 0 amide bonds. The fourth-order valence-corrected chi connectivity index (χ4v) is 13.8. The van der Waals surface area contributed by atoms with Crippen LogP contribution in [-0.2, 0) is 50.6 Å². The van der Waals surface area contributed by atoms with Gasteiger partial charge in [-0.05, 0) is 221 Å². The molecule has 19 heteroatoms. The van der Waals surface area contributed by atoms with E-state index in [4.69, 9.17) is 64.9 Å². The Morgan fingerprint density at radius 1 is 0.516 bits per heavy atom. The monoisotopic (exact) mass is 1830 g/mol. The summed E-state index contributed by atoms with van der Waals surface area (Å²) in [5, 5.41) is 91.5. The van der Waals surface area contributed by atoms with E-state index in [1.807, 2.05) is 92.7 Å². The molecular formula is C103H166Br2O17. The number of hydrogen-bond acceptors (Lipinski definition) is 17. The maximum Gasteiger partial charge on any atom is 0.198 e. The predicted octanol–water partition coefficient (Wildman–Crippen LogP) is 22.3. The van der Waals surface area contributed by atoms with Crippen molar-refractivity contribution in [1.29, 1.82) is 0 Å². The van der Waals surface area contributed by atoms with Crippen molar-refractivity contribution in [2.75, 3.05) is 13.7 Å². The van der Waals surface area contributed by atoms with Crippen molar-refractivity contribution < 1.29 is 84.4 Å². The number of ether oxygens (including phenoxy) is 4. The number of hydrogen-bond donors (Lipinski definition) is 10. The van der Waals surface area contributed by atoms with Crippen LogP contribution >= 0.6 is 31.9 Å². The Bertz CT molecular complexity index is 3110. The average molecular weight is 1840 g/mol. The van der Waals surface area contributed by atoms with E-state index in [2.05, 4.69) is 162 Å². The third-order valence-electron chi connectivity index (χ3n) is 21.3. The van der Waals surface area contributed by atoms with E-state index in [1.165, 1.54) is 59.9 Å². The first-order valence-electron chi connectivity index (χ1n) is 45.8. The van der Waals surface area contributed by atoms with E-state index in [0.29, 0.717) is 43.0 Å². The van der Waals surface area contributed by atoms with E-state index in [0.717, 1.165) is 207 Å². The molecule has 9 saturated carbocycles. The van der Waals surface area contributed by atoms with Gasteiger partial charge in [-0.2, -0.15) is 0 Å². The fourth-order valence-electron chi connectivity index (χ4n) is 13.1. The van der Waals surface area contributed by atoms with Gasteiger partial charge in [0.2, 0.25) is 0 Å². The quantitative estimate of drug-likeness (QED) is 0.0210. The lowest BCUT2D eigenvalue weighted by atomic mass is 9.76. The van der Waals surface area contributed by atoms with Gasteiger partial charge < -0.3 is 70.0 Å². The number of aliphatic hydroxyl groups excluding tert-OH is 10. The van der Waals surface area contributed by atoms with Gasteiger partial charge in [-0.15, -0.1) is 13.2 Å². The normalized spacial score (nSPS) is 27.4. The van der Waals surface area contributed by atoms with Crippen LogP contribution in [0.1, 0.15) is 318 Å². The van der Waals surface area contributed by atoms with Gasteiger partial charge in [0.15, 0.2) is 18.4 Å². The molecule has 0 bridgehead atoms. The molecule has 9 aliphatic carbocycles. The minimum atomic E-state index is -0.480. The van der Waals surface area contributed by atoms with Crippen LogP contribution in [0.25, 0.3) is 0 Å². The molecule has 1 saturated heterocycles. The molecule has 11 aliphatic rings. The summed E-state index contributed by atoms with van der Waals surface area (Å²) < 4.78 is 20.7. The van der Waals surface area contributed by atoms with Gasteiger partial charge in [0.1, 0.15) is 11.6 Å². The minimum absolute atomic E-state index is 0.000000000000000222. The second kappa shape index (κ2) is 70.1. The number of Topliss-reactive ketones (excluding diaryl/α,β-unsaturated/α-hetero) is 3. The van der Waals surface area contributed by atoms with Gasteiger partial charge in [-0.1, -0.05) is 261 Å². The maximum absolute atomic E-state index is 10.9. The summed E-state index contributed by atoms with van der Waals surface area (Å²) in [5.74, 6) is 2.80. The van der Waals surface area contributed by atoms with E-state index in [9.17, 15) is 19.5 Å². The first-order valence-corrected chi connectivity index (χ1v) is 48.0. The van der Waals surface area contributed by atoms with Crippen molar-refractivity contribution in [3.05, 3.63) is 192 Å². The Balaban J connectivity index is 0.000000661. The van der Waals surface area contributed by atoms with Gasteiger partial charge in [0, 0.05) is 62.7 Å². The molecule has 10 fully saturated rings. The zero-order valence-corrected chi connectivity index (χ0v) is 80.2. The number of alkyl halides is 2. The summed E-state index contributed by atoms with van der Waals surface area (Å²) in [4.78, 5) is 32.1. The average Bonchev–Trinajstić information content (AvgIpc) is 1.55. The first kappa shape index (κ1) is 115. The molecule has 0 aromatic heterocycles. The van der Waals surface area contributed by atoms with Crippen molar-refractivity contribution >= 4 is 49.2 Å². The highest BCUT2D eigenvalue weighted by molar-refractivity contribution is 9.08. The lowest BCUT2D eigenvalue weighted by Gasteiger charge is -2.26. The molecule has 2 aliphatic heterocycles. The molecule has 122 heavy (non-hydrogen) atoms. The highest BCUT2D eigenvalue weighted by Gasteiger charge is 2.32. The minimum Gasteiger partial charge on any atom is -0.473 e. The number of unbranched alkanes of at least 4 members (excludes halogenated alkanes) is 3. The Kier molecular flexibility index (Phi) is 66.1. The number of benzene rings is 3. The zero-order valence-electron chi connectivity index (χ0n) is 77.0. The van der Waals surface area contributed by atoms with Crippen LogP contribution in [0.4, 0.5) is 0 Å². The summed E-state index contributed by atoms with van der Waals surface area (Å²) in [6, 6.07) is 30.7. The van der Waals surface area contributed by atoms with Gasteiger partial charge >= 0.3 is 0 Å². The summed E-state index contributed by atoms with van der Waals surface area (Å²) >= 11 is 6.71. The summed E-state index contributed by atoms with van der Waals surface area (Å²) in [5.41, 5.74) is 8.78. The number of ketones is 3. The van der Waals surface area contributed by atoms with Gasteiger partial charge in [-0.25, -0.2) is 0 Å². The molecule has 3 aromatic rings. The molecule has 694 valence electrons. The molecule has 14 rings (SSSR count). The van der Waals surface area contributed by atoms with Crippen molar-refractivity contribution in [1.82, 2.24) is 0 Å². The topological polar surface area (TPSA) is 290 Å². The lowest BCUT2D eigenvalue weighted by molar-refractivity contribution is -0.137. The SMILES string of the molecule is BrCc1ccccc1.BrCc1ccccc1.C=CCCC=C.CC(C)(C)CC=C1C[C@@H]1O.CC1(C)CC(=O)CC(=O)C1.CC1CCC(O)CC1.CCC(C=C1C[C@@H]1O)OCc1ccccc1.CCCC=C1CC1=O.CCCC=C1C[C@@H]1O.COC1CCC=CO1.C[C@@H]1CCC(O)OC1.C[C@H]1CCCC(O)C1.OC1CCC(O)CC1.OC1CCC[C@H](O)C1. The molecule has 3 aromatic carbocycles. The van der Waals surface area contributed by atoms with Crippen LogP contribution < -0.4 is 0 Å². The number of halogens is 2. The second-order valence-electron chi connectivity index (χ2n) is 36.0. The zero-order chi connectivity index (χ0) is 91.1. The van der Waals surface area contributed by atoms with E-state index in [1.54, 1.807) is 13.4 Å². The number of methoxy groups -OCH3 is 1. The van der Waals surface area contributed by atoms with E-state index < -0.39 is 6.29 Å². The van der Waals surface area contributed by atoms with Gasteiger partial charge in [0.05, 0.1) is 86.9 Å². The Morgan fingerprint density at radius 2 is 0.943 bits per heavy atom. The summed E-state index contributed by atoms with van der Waals surface area (Å²) in [6.07, 6.45) is 47.3. The molecule has 0 radical (unpaired) electrons. The van der Waals surface area contributed by atoms with Crippen LogP contribution in [0.15, 0.2) is 175 Å². The second-order valence-corrected chi connectivity index (χ2v) is 37.2. The third kappa shape index (κ3) is 67.4. The number of allylic oxidation sites excluding steroid dienone is 7. The van der Waals surface area contributed by atoms with Crippen LogP contribution in [0, 0.1) is 28.6 Å². The molecule has 17 nitrogen and oxygen atoms in total. The predicted molar refractivity (Wildman–Crippen MR) is 507 cm³/mol. The van der Waals surface area contributed by atoms with Crippen LogP contribution in [-0.4, -0.2) is 156 Å². The van der Waals surface area contributed by atoms with Gasteiger partial charge in [0.25, 0.3) is 0 Å². The number of carbonyl (C=O) groups excluding carboxylic acids is 3. The fraction of sp³-hybridized carbons (Fsp3) is 0.660. The van der Waals surface area contributed by atoms with Crippen LogP contribution in [0.5, 0.6) is 0 Å². The molecule has 10 N–H and O–H groups in total. The summed E-state index contributed by atoms with van der Waals surface area (Å²) in [7, 11) is 1.66. The van der Waals surface area contributed by atoms with E-state index >= 15 is 0 Å².